The summed E-state index contributed by atoms with van der Waals surface area (Å²) in [5.74, 6) is 0. The van der Waals surface area contributed by atoms with Crippen LogP contribution in [0.25, 0.3) is 22.6 Å². The molecule has 0 unspecified atom stereocenters. The van der Waals surface area contributed by atoms with Crippen LogP contribution in [0, 0.1) is 6.92 Å². The standard InChI is InChI=1S/C20H17F3N6/c1-13-19(27-28-26-13)15-6-8-24-17(10-15)18-11-29(12-25-18)9-7-14-2-4-16(5-3-14)20(21,22)23/h2-6,8,10-12H,7,9H2,1H3,(H,26,27,28). The van der Waals surface area contributed by atoms with Crippen LogP contribution >= 0.6 is 0 Å². The van der Waals surface area contributed by atoms with E-state index in [1.165, 1.54) is 12.1 Å². The Morgan fingerprint density at radius 2 is 1.79 bits per heavy atom. The molecule has 0 atom stereocenters. The van der Waals surface area contributed by atoms with Crippen molar-refractivity contribution in [1.82, 2.24) is 29.9 Å². The molecule has 9 heteroatoms. The minimum Gasteiger partial charge on any atom is -0.336 e. The first-order valence-corrected chi connectivity index (χ1v) is 8.92. The van der Waals surface area contributed by atoms with Crippen LogP contribution in [0.4, 0.5) is 13.2 Å². The molecule has 4 aromatic rings. The highest BCUT2D eigenvalue weighted by atomic mass is 19.4. The molecule has 0 aliphatic carbocycles. The lowest BCUT2D eigenvalue weighted by Crippen LogP contribution is -2.05. The van der Waals surface area contributed by atoms with Crippen LogP contribution in [0.5, 0.6) is 0 Å². The number of aromatic amines is 1. The molecular formula is C20H17F3N6. The fourth-order valence-electron chi connectivity index (χ4n) is 3.01. The number of pyridine rings is 1. The molecule has 0 aliphatic rings. The average molecular weight is 398 g/mol. The monoisotopic (exact) mass is 398 g/mol. The van der Waals surface area contributed by atoms with Gasteiger partial charge in [0, 0.05) is 24.5 Å². The van der Waals surface area contributed by atoms with E-state index in [0.29, 0.717) is 24.4 Å². The number of benzene rings is 1. The summed E-state index contributed by atoms with van der Waals surface area (Å²) in [7, 11) is 0. The molecule has 6 nitrogen and oxygen atoms in total. The molecular weight excluding hydrogens is 381 g/mol. The second-order valence-electron chi connectivity index (χ2n) is 6.63. The molecule has 0 fully saturated rings. The molecule has 29 heavy (non-hydrogen) atoms. The number of nitrogens with zero attached hydrogens (tertiary/aromatic N) is 5. The van der Waals surface area contributed by atoms with Crippen LogP contribution in [0.1, 0.15) is 16.8 Å². The molecule has 0 bridgehead atoms. The Morgan fingerprint density at radius 1 is 1.00 bits per heavy atom. The first-order valence-electron chi connectivity index (χ1n) is 8.92. The van der Waals surface area contributed by atoms with Gasteiger partial charge < -0.3 is 4.57 Å². The third-order valence-electron chi connectivity index (χ3n) is 4.59. The van der Waals surface area contributed by atoms with Crippen LogP contribution in [0.3, 0.4) is 0 Å². The van der Waals surface area contributed by atoms with Gasteiger partial charge in [0.25, 0.3) is 0 Å². The molecule has 0 saturated heterocycles. The number of imidazole rings is 1. The van der Waals surface area contributed by atoms with Crippen LogP contribution in [-0.2, 0) is 19.1 Å². The molecule has 0 amide bonds. The van der Waals surface area contributed by atoms with Crippen molar-refractivity contribution in [3.63, 3.8) is 0 Å². The summed E-state index contributed by atoms with van der Waals surface area (Å²) in [6, 6.07) is 8.98. The molecule has 0 spiro atoms. The van der Waals surface area contributed by atoms with Gasteiger partial charge in [-0.1, -0.05) is 12.1 Å². The van der Waals surface area contributed by atoms with Crippen LogP contribution in [0.2, 0.25) is 0 Å². The summed E-state index contributed by atoms with van der Waals surface area (Å²) < 4.78 is 39.8. The van der Waals surface area contributed by atoms with Crippen molar-refractivity contribution in [3.05, 3.63) is 71.9 Å². The maximum atomic E-state index is 12.6. The van der Waals surface area contributed by atoms with Gasteiger partial charge in [0.05, 0.1) is 23.3 Å². The average Bonchev–Trinajstić information content (AvgIpc) is 3.35. The van der Waals surface area contributed by atoms with Gasteiger partial charge in [-0.3, -0.25) is 4.98 Å². The van der Waals surface area contributed by atoms with Crippen molar-refractivity contribution < 1.29 is 13.2 Å². The molecule has 1 aromatic carbocycles. The molecule has 4 rings (SSSR count). The second kappa shape index (κ2) is 7.50. The summed E-state index contributed by atoms with van der Waals surface area (Å²) in [4.78, 5) is 8.77. The molecule has 1 N–H and O–H groups in total. The number of halogens is 3. The van der Waals surface area contributed by atoms with Gasteiger partial charge >= 0.3 is 6.18 Å². The number of alkyl halides is 3. The predicted molar refractivity (Wildman–Crippen MR) is 101 cm³/mol. The Balaban J connectivity index is 1.46. The smallest absolute Gasteiger partial charge is 0.336 e. The van der Waals surface area contributed by atoms with E-state index < -0.39 is 11.7 Å². The third kappa shape index (κ3) is 4.18. The minimum absolute atomic E-state index is 0.597. The summed E-state index contributed by atoms with van der Waals surface area (Å²) in [6.45, 7) is 2.47. The quantitative estimate of drug-likeness (QED) is 0.544. The Labute approximate surface area is 164 Å². The molecule has 0 radical (unpaired) electrons. The highest BCUT2D eigenvalue weighted by molar-refractivity contribution is 5.67. The molecule has 3 heterocycles. The molecule has 0 aliphatic heterocycles. The van der Waals surface area contributed by atoms with Crippen LogP contribution < -0.4 is 0 Å². The lowest BCUT2D eigenvalue weighted by atomic mass is 10.1. The van der Waals surface area contributed by atoms with E-state index in [-0.39, 0.29) is 0 Å². The van der Waals surface area contributed by atoms with E-state index in [4.69, 9.17) is 0 Å². The van der Waals surface area contributed by atoms with E-state index in [1.807, 2.05) is 29.8 Å². The fourth-order valence-corrected chi connectivity index (χ4v) is 3.01. The Kier molecular flexibility index (Phi) is 4.87. The van der Waals surface area contributed by atoms with E-state index in [2.05, 4.69) is 25.4 Å². The number of hydrogen-bond donors (Lipinski definition) is 1. The SMILES string of the molecule is Cc1n[nH]nc1-c1ccnc(-c2cn(CCc3ccc(C(F)(F)F)cc3)cn2)c1. The Bertz CT molecular complexity index is 1110. The number of nitrogens with one attached hydrogen (secondary N) is 1. The normalized spacial score (nSPS) is 11.7. The third-order valence-corrected chi connectivity index (χ3v) is 4.59. The molecule has 3 aromatic heterocycles. The number of H-pyrrole nitrogens is 1. The summed E-state index contributed by atoms with van der Waals surface area (Å²) in [6.07, 6.45) is 1.53. The highest BCUT2D eigenvalue weighted by Crippen LogP contribution is 2.29. The van der Waals surface area contributed by atoms with Gasteiger partial charge in [-0.25, -0.2) is 4.98 Å². The number of aromatic nitrogens is 6. The Morgan fingerprint density at radius 3 is 2.48 bits per heavy atom. The van der Waals surface area contributed by atoms with Crippen LogP contribution in [0.15, 0.2) is 55.1 Å². The highest BCUT2D eigenvalue weighted by Gasteiger charge is 2.29. The lowest BCUT2D eigenvalue weighted by molar-refractivity contribution is -0.137. The number of rotatable bonds is 5. The van der Waals surface area contributed by atoms with Crippen molar-refractivity contribution in [2.45, 2.75) is 26.1 Å². The van der Waals surface area contributed by atoms with Gasteiger partial charge in [-0.2, -0.15) is 28.6 Å². The topological polar surface area (TPSA) is 72.3 Å². The van der Waals surface area contributed by atoms with Crippen molar-refractivity contribution in [1.29, 1.82) is 0 Å². The van der Waals surface area contributed by atoms with E-state index >= 15 is 0 Å². The maximum Gasteiger partial charge on any atom is 0.416 e. The van der Waals surface area contributed by atoms with Crippen molar-refractivity contribution >= 4 is 0 Å². The second-order valence-corrected chi connectivity index (χ2v) is 6.63. The van der Waals surface area contributed by atoms with Gasteiger partial charge in [-0.15, -0.1) is 0 Å². The van der Waals surface area contributed by atoms with E-state index in [0.717, 1.165) is 34.6 Å². The van der Waals surface area contributed by atoms with Gasteiger partial charge in [0.15, 0.2) is 0 Å². The zero-order valence-electron chi connectivity index (χ0n) is 15.5. The number of aryl methyl sites for hydroxylation is 3. The van der Waals surface area contributed by atoms with Crippen molar-refractivity contribution in [2.24, 2.45) is 0 Å². The predicted octanol–water partition coefficient (Wildman–Crippen LogP) is 4.30. The van der Waals surface area contributed by atoms with E-state index in [9.17, 15) is 13.2 Å². The molecule has 0 saturated carbocycles. The van der Waals surface area contributed by atoms with Gasteiger partial charge in [-0.05, 0) is 43.2 Å². The minimum atomic E-state index is -4.32. The maximum absolute atomic E-state index is 12.6. The zero-order valence-corrected chi connectivity index (χ0v) is 15.5. The fraction of sp³-hybridized carbons (Fsp3) is 0.200. The van der Waals surface area contributed by atoms with Gasteiger partial charge in [0.2, 0.25) is 0 Å². The largest absolute Gasteiger partial charge is 0.416 e. The van der Waals surface area contributed by atoms with E-state index in [1.54, 1.807) is 12.5 Å². The number of hydrogen-bond acceptors (Lipinski definition) is 4. The summed E-state index contributed by atoms with van der Waals surface area (Å²) in [5.41, 5.74) is 4.05. The summed E-state index contributed by atoms with van der Waals surface area (Å²) >= 11 is 0. The zero-order chi connectivity index (χ0) is 20.4. The molecule has 148 valence electrons. The summed E-state index contributed by atoms with van der Waals surface area (Å²) in [5, 5.41) is 10.8. The van der Waals surface area contributed by atoms with Gasteiger partial charge in [0.1, 0.15) is 11.4 Å². The van der Waals surface area contributed by atoms with Crippen molar-refractivity contribution in [2.75, 3.05) is 0 Å². The first-order chi connectivity index (χ1) is 13.9. The van der Waals surface area contributed by atoms with Crippen molar-refractivity contribution in [3.8, 4) is 22.6 Å². The lowest BCUT2D eigenvalue weighted by Gasteiger charge is -2.08. The Hall–Kier alpha value is -3.49. The van der Waals surface area contributed by atoms with Crippen LogP contribution in [-0.4, -0.2) is 29.9 Å². The first kappa shape index (κ1) is 18.9.